The first-order valence-corrected chi connectivity index (χ1v) is 5.10. The van der Waals surface area contributed by atoms with Crippen LogP contribution in [-0.4, -0.2) is 24.5 Å². The summed E-state index contributed by atoms with van der Waals surface area (Å²) in [4.78, 5) is 11.0. The summed E-state index contributed by atoms with van der Waals surface area (Å²) in [6, 6.07) is 6.58. The number of aliphatic hydroxyl groups excluding tert-OH is 1. The quantitative estimate of drug-likeness (QED) is 0.828. The Morgan fingerprint density at radius 1 is 1.29 bits per heavy atom. The Kier molecular flexibility index (Phi) is 3.21. The summed E-state index contributed by atoms with van der Waals surface area (Å²) in [6.07, 6.45) is -1.46. The summed E-state index contributed by atoms with van der Waals surface area (Å²) in [5, 5.41) is 9.10. The predicted octanol–water partition coefficient (Wildman–Crippen LogP) is 1.40. The molecule has 90 valence electrons. The summed E-state index contributed by atoms with van der Waals surface area (Å²) < 4.78 is 14.7. The maximum absolute atomic E-state index is 11.0. The smallest absolute Gasteiger partial charge is 0.356 e. The largest absolute Gasteiger partial charge is 0.497 e. The van der Waals surface area contributed by atoms with Crippen LogP contribution in [0.3, 0.4) is 0 Å². The number of benzene rings is 1. The van der Waals surface area contributed by atoms with E-state index in [1.54, 1.807) is 31.4 Å². The van der Waals surface area contributed by atoms with E-state index in [4.69, 9.17) is 21.1 Å². The highest BCUT2D eigenvalue weighted by atomic mass is 35.5. The van der Waals surface area contributed by atoms with Crippen molar-refractivity contribution >= 4 is 17.6 Å². The van der Waals surface area contributed by atoms with Gasteiger partial charge in [0, 0.05) is 0 Å². The van der Waals surface area contributed by atoms with Crippen molar-refractivity contribution in [1.29, 1.82) is 0 Å². The number of esters is 1. The third-order valence-electron chi connectivity index (χ3n) is 2.13. The molecule has 0 bridgehead atoms. The summed E-state index contributed by atoms with van der Waals surface area (Å²) in [5.74, 6) is 0.164. The van der Waals surface area contributed by atoms with E-state index in [9.17, 15) is 9.90 Å². The van der Waals surface area contributed by atoms with Gasteiger partial charge in [-0.05, 0) is 24.3 Å². The van der Waals surface area contributed by atoms with Crippen LogP contribution in [0.25, 0.3) is 0 Å². The Morgan fingerprint density at radius 2 is 1.88 bits per heavy atom. The number of aliphatic hydroxyl groups is 1. The molecule has 0 aliphatic carbocycles. The van der Waals surface area contributed by atoms with Crippen molar-refractivity contribution in [3.63, 3.8) is 0 Å². The molecule has 1 N–H and O–H groups in total. The van der Waals surface area contributed by atoms with Gasteiger partial charge in [-0.2, -0.15) is 0 Å². The maximum Gasteiger partial charge on any atom is 0.356 e. The van der Waals surface area contributed by atoms with Crippen LogP contribution in [0.5, 0.6) is 11.5 Å². The first-order valence-electron chi connectivity index (χ1n) is 4.72. The van der Waals surface area contributed by atoms with Crippen molar-refractivity contribution in [2.75, 3.05) is 7.11 Å². The van der Waals surface area contributed by atoms with E-state index < -0.39 is 12.3 Å². The Morgan fingerprint density at radius 3 is 2.35 bits per heavy atom. The van der Waals surface area contributed by atoms with Gasteiger partial charge in [0.2, 0.25) is 0 Å². The number of ether oxygens (including phenoxy) is 3. The molecule has 1 aromatic rings. The first-order chi connectivity index (χ1) is 8.11. The lowest BCUT2D eigenvalue weighted by Gasteiger charge is -2.09. The summed E-state index contributed by atoms with van der Waals surface area (Å²) in [7, 11) is 1.54. The van der Waals surface area contributed by atoms with Crippen LogP contribution >= 0.6 is 11.6 Å². The predicted molar refractivity (Wildman–Crippen MR) is 58.6 cm³/mol. The fourth-order valence-corrected chi connectivity index (χ4v) is 1.46. The summed E-state index contributed by atoms with van der Waals surface area (Å²) in [6.45, 7) is 0. The summed E-state index contributed by atoms with van der Waals surface area (Å²) in [5.41, 5.74) is 0. The Labute approximate surface area is 102 Å². The molecule has 1 atom stereocenters. The highest BCUT2D eigenvalue weighted by Crippen LogP contribution is 2.28. The van der Waals surface area contributed by atoms with Gasteiger partial charge in [0.15, 0.2) is 10.8 Å². The standard InChI is InChI=1S/C11H9ClO5/c1-15-6-2-4-7(5-3-6)16-9-8(12)10(13)17-11(9)14/h2-5,11,14H,1H3. The Hall–Kier alpha value is -1.72. The molecule has 0 spiro atoms. The molecule has 17 heavy (non-hydrogen) atoms. The molecule has 1 unspecified atom stereocenters. The molecule has 1 aliphatic rings. The van der Waals surface area contributed by atoms with Crippen molar-refractivity contribution < 1.29 is 24.1 Å². The molecule has 1 heterocycles. The van der Waals surface area contributed by atoms with E-state index in [-0.39, 0.29) is 10.8 Å². The number of carbonyl (C=O) groups is 1. The second-order valence-electron chi connectivity index (χ2n) is 3.21. The molecule has 0 amide bonds. The number of carbonyl (C=O) groups excluding carboxylic acids is 1. The van der Waals surface area contributed by atoms with Gasteiger partial charge >= 0.3 is 5.97 Å². The van der Waals surface area contributed by atoms with E-state index in [1.807, 2.05) is 0 Å². The molecule has 1 aliphatic heterocycles. The molecule has 0 saturated carbocycles. The topological polar surface area (TPSA) is 65.0 Å². The summed E-state index contributed by atoms with van der Waals surface area (Å²) >= 11 is 5.63. The van der Waals surface area contributed by atoms with Crippen LogP contribution in [0.2, 0.25) is 0 Å². The molecule has 0 radical (unpaired) electrons. The number of halogens is 1. The van der Waals surface area contributed by atoms with Crippen molar-refractivity contribution in [1.82, 2.24) is 0 Å². The van der Waals surface area contributed by atoms with Gasteiger partial charge in [-0.3, -0.25) is 0 Å². The van der Waals surface area contributed by atoms with E-state index in [1.165, 1.54) is 0 Å². The minimum atomic E-state index is -1.46. The zero-order valence-corrected chi connectivity index (χ0v) is 9.60. The highest BCUT2D eigenvalue weighted by Gasteiger charge is 2.34. The van der Waals surface area contributed by atoms with Gasteiger partial charge in [0.05, 0.1) is 7.11 Å². The normalized spacial score (nSPS) is 19.2. The first kappa shape index (κ1) is 11.8. The highest BCUT2D eigenvalue weighted by molar-refractivity contribution is 6.42. The molecule has 5 nitrogen and oxygen atoms in total. The van der Waals surface area contributed by atoms with Crippen LogP contribution in [0.4, 0.5) is 0 Å². The maximum atomic E-state index is 11.0. The zero-order valence-electron chi connectivity index (χ0n) is 8.84. The lowest BCUT2D eigenvalue weighted by Crippen LogP contribution is -2.13. The molecular weight excluding hydrogens is 248 g/mol. The van der Waals surface area contributed by atoms with Crippen molar-refractivity contribution in [2.24, 2.45) is 0 Å². The number of cyclic esters (lactones) is 1. The third-order valence-corrected chi connectivity index (χ3v) is 2.47. The van der Waals surface area contributed by atoms with E-state index >= 15 is 0 Å². The third kappa shape index (κ3) is 2.35. The lowest BCUT2D eigenvalue weighted by molar-refractivity contribution is -0.153. The van der Waals surface area contributed by atoms with Crippen LogP contribution in [-0.2, 0) is 9.53 Å². The van der Waals surface area contributed by atoms with Crippen LogP contribution < -0.4 is 9.47 Å². The Balaban J connectivity index is 2.18. The fraction of sp³-hybridized carbons (Fsp3) is 0.182. The molecule has 2 rings (SSSR count). The number of rotatable bonds is 3. The minimum Gasteiger partial charge on any atom is -0.497 e. The van der Waals surface area contributed by atoms with Gasteiger partial charge in [-0.15, -0.1) is 0 Å². The molecule has 6 heteroatoms. The molecule has 0 saturated heterocycles. The number of hydrogen-bond donors (Lipinski definition) is 1. The molecular formula is C11H9ClO5. The van der Waals surface area contributed by atoms with E-state index in [2.05, 4.69) is 4.74 Å². The van der Waals surface area contributed by atoms with Crippen molar-refractivity contribution in [3.05, 3.63) is 35.1 Å². The van der Waals surface area contributed by atoms with Crippen molar-refractivity contribution in [3.8, 4) is 11.5 Å². The van der Waals surface area contributed by atoms with Gasteiger partial charge in [0.1, 0.15) is 11.5 Å². The zero-order chi connectivity index (χ0) is 12.4. The average molecular weight is 257 g/mol. The molecule has 1 aromatic carbocycles. The van der Waals surface area contributed by atoms with Crippen LogP contribution in [0.1, 0.15) is 0 Å². The van der Waals surface area contributed by atoms with Gasteiger partial charge < -0.3 is 19.3 Å². The molecule has 0 fully saturated rings. The monoisotopic (exact) mass is 256 g/mol. The molecule has 0 aromatic heterocycles. The number of hydrogen-bond acceptors (Lipinski definition) is 5. The van der Waals surface area contributed by atoms with Crippen LogP contribution in [0, 0.1) is 0 Å². The van der Waals surface area contributed by atoms with E-state index in [0.717, 1.165) is 0 Å². The van der Waals surface area contributed by atoms with E-state index in [0.29, 0.717) is 11.5 Å². The number of methoxy groups -OCH3 is 1. The van der Waals surface area contributed by atoms with Crippen molar-refractivity contribution in [2.45, 2.75) is 6.29 Å². The van der Waals surface area contributed by atoms with Gasteiger partial charge in [-0.1, -0.05) is 11.6 Å². The average Bonchev–Trinajstić information content (AvgIpc) is 2.57. The minimum absolute atomic E-state index is 0.109. The Bertz CT molecular complexity index is 465. The lowest BCUT2D eigenvalue weighted by atomic mass is 10.3. The van der Waals surface area contributed by atoms with Crippen LogP contribution in [0.15, 0.2) is 35.1 Å². The SMILES string of the molecule is COc1ccc(OC2=C(Cl)C(=O)OC2O)cc1. The van der Waals surface area contributed by atoms with Gasteiger partial charge in [-0.25, -0.2) is 4.79 Å². The second kappa shape index (κ2) is 4.65. The second-order valence-corrected chi connectivity index (χ2v) is 3.59. The van der Waals surface area contributed by atoms with Gasteiger partial charge in [0.25, 0.3) is 6.29 Å². The fourth-order valence-electron chi connectivity index (χ4n) is 1.28.